The first-order valence-electron chi connectivity index (χ1n) is 14.8. The molecule has 1 heterocycles. The Balaban J connectivity index is 0.00000123. The third-order valence-corrected chi connectivity index (χ3v) is 6.42. The minimum absolute atomic E-state index is 0.0265. The molecule has 1 atom stereocenters. The molecule has 2 rings (SSSR count). The number of anilines is 1. The number of likely N-dealkylation sites (tertiary alicyclic amines) is 1. The number of nitrogens with two attached hydrogens (primary N) is 1. The molecule has 1 fully saturated rings. The third kappa shape index (κ3) is 13.0. The zero-order valence-electron chi connectivity index (χ0n) is 26.7. The number of carboxylic acid groups (broad SMARTS) is 1. The lowest BCUT2D eigenvalue weighted by molar-refractivity contribution is -0.149. The maximum absolute atomic E-state index is 13.1. The van der Waals surface area contributed by atoms with Gasteiger partial charge in [-0.2, -0.15) is 0 Å². The number of carboxylic acids is 1. The zero-order chi connectivity index (χ0) is 33.6. The van der Waals surface area contributed by atoms with Crippen molar-refractivity contribution in [1.29, 1.82) is 0 Å². The van der Waals surface area contributed by atoms with Crippen molar-refractivity contribution in [3.63, 3.8) is 0 Å². The molecule has 7 N–H and O–H groups in total. The topological polar surface area (TPSA) is 209 Å². The van der Waals surface area contributed by atoms with Crippen molar-refractivity contribution >= 4 is 41.4 Å². The van der Waals surface area contributed by atoms with Gasteiger partial charge in [-0.3, -0.25) is 24.0 Å². The average molecular weight is 621 g/mol. The summed E-state index contributed by atoms with van der Waals surface area (Å²) in [4.78, 5) is 72.5. The number of benzene rings is 1. The molecule has 0 aliphatic carbocycles. The van der Waals surface area contributed by atoms with E-state index in [0.717, 1.165) is 6.42 Å². The largest absolute Gasteiger partial charge is 0.481 e. The van der Waals surface area contributed by atoms with E-state index < -0.39 is 41.7 Å². The lowest BCUT2D eigenvalue weighted by Crippen LogP contribution is -2.53. The summed E-state index contributed by atoms with van der Waals surface area (Å²) in [6.07, 6.45) is 0.933. The molecule has 1 saturated heterocycles. The molecule has 1 aliphatic rings. The number of primary amides is 1. The second kappa shape index (κ2) is 18.5. The van der Waals surface area contributed by atoms with Crippen LogP contribution in [0.15, 0.2) is 18.2 Å². The van der Waals surface area contributed by atoms with Gasteiger partial charge in [0.15, 0.2) is 0 Å². The second-order valence-electron chi connectivity index (χ2n) is 11.5. The van der Waals surface area contributed by atoms with Crippen LogP contribution >= 0.6 is 0 Å². The molecule has 14 heteroatoms. The highest BCUT2D eigenvalue weighted by Crippen LogP contribution is 2.24. The summed E-state index contributed by atoms with van der Waals surface area (Å²) in [6.45, 7) is 13.5. The molecule has 5 amide bonds. The quantitative estimate of drug-likeness (QED) is 0.167. The van der Waals surface area contributed by atoms with Crippen molar-refractivity contribution < 1.29 is 38.6 Å². The van der Waals surface area contributed by atoms with Gasteiger partial charge in [0.1, 0.15) is 6.61 Å². The number of amides is 5. The smallest absolute Gasteiger partial charge is 0.312 e. The lowest BCUT2D eigenvalue weighted by Gasteiger charge is -2.37. The molecule has 14 nitrogen and oxygen atoms in total. The Kier molecular flexibility index (Phi) is 15.9. The Morgan fingerprint density at radius 2 is 1.66 bits per heavy atom. The van der Waals surface area contributed by atoms with Crippen LogP contribution in [0.1, 0.15) is 70.8 Å². The number of urea groups is 1. The van der Waals surface area contributed by atoms with Crippen molar-refractivity contribution in [2.45, 2.75) is 73.6 Å². The number of nitrogens with one attached hydrogen (secondary N) is 4. The van der Waals surface area contributed by atoms with Crippen LogP contribution in [0.3, 0.4) is 0 Å². The van der Waals surface area contributed by atoms with Crippen molar-refractivity contribution in [2.24, 2.45) is 23.5 Å². The molecule has 1 aromatic rings. The van der Waals surface area contributed by atoms with Crippen LogP contribution in [0.5, 0.6) is 0 Å². The molecule has 0 saturated carbocycles. The van der Waals surface area contributed by atoms with Crippen LogP contribution in [0, 0.1) is 17.8 Å². The molecule has 1 unspecified atom stereocenters. The molecule has 0 aromatic heterocycles. The van der Waals surface area contributed by atoms with Gasteiger partial charge < -0.3 is 41.7 Å². The number of hydrogen-bond acceptors (Lipinski definition) is 8. The van der Waals surface area contributed by atoms with Gasteiger partial charge in [-0.25, -0.2) is 4.79 Å². The van der Waals surface area contributed by atoms with Gasteiger partial charge >= 0.3 is 18.0 Å². The summed E-state index contributed by atoms with van der Waals surface area (Å²) in [5.74, 6) is -3.52. The van der Waals surface area contributed by atoms with Crippen molar-refractivity contribution in [3.8, 4) is 0 Å². The molecule has 246 valence electrons. The van der Waals surface area contributed by atoms with Crippen LogP contribution < -0.4 is 27.0 Å². The fourth-order valence-electron chi connectivity index (χ4n) is 3.93. The number of nitrogens with zero attached hydrogens (tertiary/aromatic N) is 1. The minimum atomic E-state index is -0.971. The fraction of sp³-hybridized carbons (Fsp3) is 0.600. The molecule has 0 bridgehead atoms. The molecule has 44 heavy (non-hydrogen) atoms. The van der Waals surface area contributed by atoms with Gasteiger partial charge in [0.05, 0.1) is 24.4 Å². The Bertz CT molecular complexity index is 1160. The van der Waals surface area contributed by atoms with Crippen LogP contribution in [-0.4, -0.2) is 84.0 Å². The summed E-state index contributed by atoms with van der Waals surface area (Å²) >= 11 is 0. The monoisotopic (exact) mass is 620 g/mol. The third-order valence-electron chi connectivity index (χ3n) is 6.42. The van der Waals surface area contributed by atoms with Crippen molar-refractivity contribution in [3.05, 3.63) is 29.3 Å². The zero-order valence-corrected chi connectivity index (χ0v) is 26.7. The van der Waals surface area contributed by atoms with E-state index >= 15 is 0 Å². The van der Waals surface area contributed by atoms with Crippen LogP contribution in [0.2, 0.25) is 0 Å². The minimum Gasteiger partial charge on any atom is -0.481 e. The van der Waals surface area contributed by atoms with E-state index in [4.69, 9.17) is 15.6 Å². The molecular formula is C30H48N6O8. The van der Waals surface area contributed by atoms with Gasteiger partial charge in [0.2, 0.25) is 11.8 Å². The van der Waals surface area contributed by atoms with Gasteiger partial charge in [-0.15, -0.1) is 0 Å². The number of carbonyl (C=O) groups excluding carboxylic acids is 5. The Hall–Kier alpha value is -4.20. The number of rotatable bonds is 14. The van der Waals surface area contributed by atoms with Gasteiger partial charge in [-0.1, -0.05) is 54.5 Å². The van der Waals surface area contributed by atoms with Crippen LogP contribution in [0.4, 0.5) is 10.5 Å². The maximum Gasteiger partial charge on any atom is 0.312 e. The number of esters is 1. The van der Waals surface area contributed by atoms with E-state index in [1.165, 1.54) is 11.0 Å². The maximum atomic E-state index is 13.1. The first-order valence-corrected chi connectivity index (χ1v) is 14.8. The number of carbonyl (C=O) groups is 6. The van der Waals surface area contributed by atoms with Crippen LogP contribution in [-0.2, 0) is 30.5 Å². The van der Waals surface area contributed by atoms with E-state index in [0.29, 0.717) is 17.8 Å². The standard InChI is InChI=1S/C26H38N4O7.C4H10N2O/c1-14(2)22(28-16(5)6)23(32)27-10-21(31)29-19-8-7-17(13-37-26(36)15(3)4)20(9-19)24(33)30-11-18(12-30)25(34)35;1-2-3-6-4(5)7/h7-9,14-16,18,22,28H,10-13H2,1-6H3,(H,27,32)(H,29,31)(H,34,35);2-3H2,1H3,(H3,5,6,7). The van der Waals surface area contributed by atoms with Gasteiger partial charge in [-0.05, 0) is 24.5 Å². The summed E-state index contributed by atoms with van der Waals surface area (Å²) in [7, 11) is 0. The molecule has 1 aromatic carbocycles. The van der Waals surface area contributed by atoms with Crippen LogP contribution in [0.25, 0.3) is 0 Å². The summed E-state index contributed by atoms with van der Waals surface area (Å²) in [6, 6.07) is 3.82. The van der Waals surface area contributed by atoms with E-state index in [1.807, 2.05) is 34.6 Å². The fourth-order valence-corrected chi connectivity index (χ4v) is 3.93. The first-order chi connectivity index (χ1) is 20.6. The van der Waals surface area contributed by atoms with E-state index in [-0.39, 0.29) is 55.6 Å². The summed E-state index contributed by atoms with van der Waals surface area (Å²) in [5, 5.41) is 20.0. The predicted octanol–water partition coefficient (Wildman–Crippen LogP) is 1.68. The highest BCUT2D eigenvalue weighted by Gasteiger charge is 2.36. The molecular weight excluding hydrogens is 572 g/mol. The van der Waals surface area contributed by atoms with Gasteiger partial charge in [0, 0.05) is 42.5 Å². The van der Waals surface area contributed by atoms with Gasteiger partial charge in [0.25, 0.3) is 5.91 Å². The number of hydrogen-bond donors (Lipinski definition) is 6. The highest BCUT2D eigenvalue weighted by molar-refractivity contribution is 6.00. The van der Waals surface area contributed by atoms with Crippen molar-refractivity contribution in [1.82, 2.24) is 20.9 Å². The average Bonchev–Trinajstić information content (AvgIpc) is 2.91. The van der Waals surface area contributed by atoms with E-state index in [9.17, 15) is 28.8 Å². The Morgan fingerprint density at radius 1 is 1.02 bits per heavy atom. The molecule has 0 spiro atoms. The predicted molar refractivity (Wildman–Crippen MR) is 165 cm³/mol. The Labute approximate surface area is 258 Å². The number of aliphatic carboxylic acids is 1. The molecule has 1 aliphatic heterocycles. The second-order valence-corrected chi connectivity index (χ2v) is 11.5. The number of ether oxygens (including phenoxy) is 1. The summed E-state index contributed by atoms with van der Waals surface area (Å²) < 4.78 is 5.28. The normalized spacial score (nSPS) is 13.4. The Morgan fingerprint density at radius 3 is 2.14 bits per heavy atom. The molecule has 0 radical (unpaired) electrons. The van der Waals surface area contributed by atoms with E-state index in [1.54, 1.807) is 26.0 Å². The summed E-state index contributed by atoms with van der Waals surface area (Å²) in [5.41, 5.74) is 5.68. The first kappa shape index (κ1) is 37.8. The van der Waals surface area contributed by atoms with E-state index in [2.05, 4.69) is 21.3 Å². The lowest BCUT2D eigenvalue weighted by atomic mass is 9.97. The SMILES string of the molecule is CC(C)NC(C(=O)NCC(=O)Nc1ccc(COC(=O)C(C)C)c(C(=O)N2CC(C(=O)O)C2)c1)C(C)C.CCCNC(N)=O. The highest BCUT2D eigenvalue weighted by atomic mass is 16.5. The van der Waals surface area contributed by atoms with Crippen molar-refractivity contribution in [2.75, 3.05) is 31.5 Å².